The quantitative estimate of drug-likeness (QED) is 0.382. The van der Waals surface area contributed by atoms with Crippen LogP contribution in [0.3, 0.4) is 0 Å². The maximum Gasteiger partial charge on any atom is 0.294 e. The van der Waals surface area contributed by atoms with Crippen LogP contribution in [0.5, 0.6) is 0 Å². The van der Waals surface area contributed by atoms with Crippen LogP contribution in [0, 0.1) is 24.0 Å². The van der Waals surface area contributed by atoms with Crippen LogP contribution >= 0.6 is 0 Å². The number of carbonyl (C=O) groups is 1. The van der Waals surface area contributed by atoms with Gasteiger partial charge in [0.05, 0.1) is 22.6 Å². The first-order valence-electron chi connectivity index (χ1n) is 9.61. The summed E-state index contributed by atoms with van der Waals surface area (Å²) in [4.78, 5) is 27.6. The maximum atomic E-state index is 12.7. The van der Waals surface area contributed by atoms with E-state index in [1.807, 2.05) is 48.9 Å². The predicted molar refractivity (Wildman–Crippen MR) is 114 cm³/mol. The van der Waals surface area contributed by atoms with Gasteiger partial charge >= 0.3 is 0 Å². The number of aryl methyl sites for hydroxylation is 1. The van der Waals surface area contributed by atoms with E-state index in [2.05, 4.69) is 15.4 Å². The average Bonchev–Trinajstić information content (AvgIpc) is 3.41. The fourth-order valence-electron chi connectivity index (χ4n) is 3.45. The molecule has 0 bridgehead atoms. The Labute approximate surface area is 178 Å². The van der Waals surface area contributed by atoms with E-state index in [1.54, 1.807) is 18.3 Å². The van der Waals surface area contributed by atoms with Crippen molar-refractivity contribution in [3.8, 4) is 11.4 Å². The molecule has 0 aliphatic carbocycles. The Morgan fingerprint density at radius 2 is 1.94 bits per heavy atom. The van der Waals surface area contributed by atoms with Crippen molar-refractivity contribution in [3.05, 3.63) is 99.9 Å². The lowest BCUT2D eigenvalue weighted by atomic mass is 10.1. The number of benzene rings is 2. The largest absolute Gasteiger partial charge is 0.348 e. The van der Waals surface area contributed by atoms with Gasteiger partial charge in [0.15, 0.2) is 0 Å². The highest BCUT2D eigenvalue weighted by molar-refractivity contribution is 5.95. The average molecular weight is 416 g/mol. The van der Waals surface area contributed by atoms with Crippen LogP contribution < -0.4 is 5.32 Å². The third-order valence-corrected chi connectivity index (χ3v) is 5.08. The van der Waals surface area contributed by atoms with Crippen molar-refractivity contribution in [2.75, 3.05) is 0 Å². The van der Waals surface area contributed by atoms with Gasteiger partial charge in [-0.25, -0.2) is 9.67 Å². The number of carbonyl (C=O) groups excluding carboxylic acids is 1. The minimum absolute atomic E-state index is 0.171. The molecule has 9 heteroatoms. The summed E-state index contributed by atoms with van der Waals surface area (Å²) in [6, 6.07) is 14.1. The molecule has 2 heterocycles. The Kier molecular flexibility index (Phi) is 5.31. The van der Waals surface area contributed by atoms with E-state index in [4.69, 9.17) is 0 Å². The van der Waals surface area contributed by atoms with Crippen molar-refractivity contribution in [3.63, 3.8) is 0 Å². The molecule has 156 valence electrons. The molecule has 31 heavy (non-hydrogen) atoms. The Balaban J connectivity index is 1.55. The minimum atomic E-state index is -0.510. The molecule has 0 saturated carbocycles. The highest BCUT2D eigenvalue weighted by Gasteiger charge is 2.20. The van der Waals surface area contributed by atoms with Gasteiger partial charge in [-0.1, -0.05) is 18.2 Å². The molecule has 2 aromatic heterocycles. The molecule has 0 saturated heterocycles. The number of amides is 1. The summed E-state index contributed by atoms with van der Waals surface area (Å²) in [5.41, 5.74) is 3.95. The molecule has 1 amide bonds. The van der Waals surface area contributed by atoms with E-state index < -0.39 is 10.8 Å². The number of hydrogen-bond acceptors (Lipinski definition) is 5. The van der Waals surface area contributed by atoms with E-state index in [0.29, 0.717) is 5.69 Å². The van der Waals surface area contributed by atoms with Gasteiger partial charge in [-0.3, -0.25) is 14.9 Å². The second-order valence-electron chi connectivity index (χ2n) is 7.01. The van der Waals surface area contributed by atoms with Gasteiger partial charge in [-0.2, -0.15) is 5.10 Å². The molecular weight excluding hydrogens is 396 g/mol. The van der Waals surface area contributed by atoms with Gasteiger partial charge in [-0.05, 0) is 38.1 Å². The van der Waals surface area contributed by atoms with E-state index in [1.165, 1.54) is 23.2 Å². The minimum Gasteiger partial charge on any atom is -0.348 e. The lowest BCUT2D eigenvalue weighted by molar-refractivity contribution is -0.384. The topological polar surface area (TPSA) is 108 Å². The molecule has 0 unspecified atom stereocenters. The molecule has 0 spiro atoms. The molecule has 4 rings (SSSR count). The molecule has 0 atom stereocenters. The number of aromatic nitrogens is 4. The lowest BCUT2D eigenvalue weighted by Crippen LogP contribution is -2.23. The smallest absolute Gasteiger partial charge is 0.294 e. The number of hydrogen-bond donors (Lipinski definition) is 1. The van der Waals surface area contributed by atoms with Crippen molar-refractivity contribution in [2.24, 2.45) is 0 Å². The molecule has 1 N–H and O–H groups in total. The second-order valence-corrected chi connectivity index (χ2v) is 7.01. The molecular formula is C22H20N6O3. The summed E-state index contributed by atoms with van der Waals surface area (Å²) >= 11 is 0. The fourth-order valence-corrected chi connectivity index (χ4v) is 3.45. The molecule has 0 fully saturated rings. The second kappa shape index (κ2) is 8.23. The van der Waals surface area contributed by atoms with Crippen molar-refractivity contribution in [1.82, 2.24) is 24.6 Å². The number of nitrogens with one attached hydrogen (secondary N) is 1. The molecule has 2 aromatic carbocycles. The van der Waals surface area contributed by atoms with Crippen LogP contribution in [0.1, 0.15) is 27.3 Å². The molecule has 0 radical (unpaired) electrons. The van der Waals surface area contributed by atoms with Crippen molar-refractivity contribution < 1.29 is 9.72 Å². The van der Waals surface area contributed by atoms with Crippen LogP contribution in [0.4, 0.5) is 5.69 Å². The highest BCUT2D eigenvalue weighted by atomic mass is 16.6. The van der Waals surface area contributed by atoms with Crippen molar-refractivity contribution >= 4 is 11.6 Å². The third-order valence-electron chi connectivity index (χ3n) is 5.08. The molecule has 0 aliphatic rings. The number of nitro groups is 1. The number of imidazole rings is 1. The fraction of sp³-hybridized carbons (Fsp3) is 0.136. The predicted octanol–water partition coefficient (Wildman–Crippen LogP) is 3.51. The Hall–Kier alpha value is -4.27. The number of nitrogens with zero attached hydrogens (tertiary/aromatic N) is 5. The lowest BCUT2D eigenvalue weighted by Gasteiger charge is -2.09. The monoisotopic (exact) mass is 416 g/mol. The van der Waals surface area contributed by atoms with Gasteiger partial charge in [-0.15, -0.1) is 0 Å². The van der Waals surface area contributed by atoms with E-state index in [-0.39, 0.29) is 17.8 Å². The Morgan fingerprint density at radius 1 is 1.16 bits per heavy atom. The van der Waals surface area contributed by atoms with Crippen LogP contribution in [0.25, 0.3) is 11.4 Å². The summed E-state index contributed by atoms with van der Waals surface area (Å²) in [7, 11) is 0. The van der Waals surface area contributed by atoms with Crippen LogP contribution in [0.2, 0.25) is 0 Å². The van der Waals surface area contributed by atoms with E-state index in [9.17, 15) is 14.9 Å². The van der Waals surface area contributed by atoms with Gasteiger partial charge in [0.25, 0.3) is 11.6 Å². The number of para-hydroxylation sites is 1. The molecule has 9 nitrogen and oxygen atoms in total. The highest BCUT2D eigenvalue weighted by Crippen LogP contribution is 2.24. The summed E-state index contributed by atoms with van der Waals surface area (Å²) < 4.78 is 3.37. The summed E-state index contributed by atoms with van der Waals surface area (Å²) in [5.74, 6) is -0.397. The first-order valence-corrected chi connectivity index (χ1v) is 9.61. The summed E-state index contributed by atoms with van der Waals surface area (Å²) in [6.07, 6.45) is 4.61. The summed E-state index contributed by atoms with van der Waals surface area (Å²) in [5, 5.41) is 19.0. The standard InChI is InChI=1S/C22H20N6O3/c1-15-19(16(2)27(25-15)18-6-4-3-5-7-18)13-24-22(29)17-8-9-20(21(12-17)28(30)31)26-11-10-23-14-26/h3-12,14H,13H2,1-2H3,(H,24,29). The van der Waals surface area contributed by atoms with Crippen LogP contribution in [0.15, 0.2) is 67.3 Å². The summed E-state index contributed by atoms with van der Waals surface area (Å²) in [6.45, 7) is 4.10. The first kappa shape index (κ1) is 20.0. The van der Waals surface area contributed by atoms with Gasteiger partial charge < -0.3 is 9.88 Å². The zero-order chi connectivity index (χ0) is 22.0. The maximum absolute atomic E-state index is 12.7. The molecule has 0 aliphatic heterocycles. The zero-order valence-corrected chi connectivity index (χ0v) is 17.0. The van der Waals surface area contributed by atoms with E-state index in [0.717, 1.165) is 22.6 Å². The van der Waals surface area contributed by atoms with E-state index >= 15 is 0 Å². The van der Waals surface area contributed by atoms with Crippen LogP contribution in [-0.2, 0) is 6.54 Å². The molecule has 4 aromatic rings. The Bertz CT molecular complexity index is 1250. The Morgan fingerprint density at radius 3 is 2.61 bits per heavy atom. The third kappa shape index (κ3) is 3.93. The van der Waals surface area contributed by atoms with Crippen molar-refractivity contribution in [1.29, 1.82) is 0 Å². The van der Waals surface area contributed by atoms with Crippen molar-refractivity contribution in [2.45, 2.75) is 20.4 Å². The SMILES string of the molecule is Cc1nn(-c2ccccc2)c(C)c1CNC(=O)c1ccc(-n2ccnc2)c([N+](=O)[O-])c1. The van der Waals surface area contributed by atoms with Crippen LogP contribution in [-0.4, -0.2) is 30.2 Å². The van der Waals surface area contributed by atoms with Gasteiger partial charge in [0.2, 0.25) is 0 Å². The van der Waals surface area contributed by atoms with Gasteiger partial charge in [0, 0.05) is 41.8 Å². The normalized spacial score (nSPS) is 10.8. The van der Waals surface area contributed by atoms with Gasteiger partial charge in [0.1, 0.15) is 5.69 Å². The number of nitro benzene ring substituents is 1. The number of rotatable bonds is 6. The zero-order valence-electron chi connectivity index (χ0n) is 17.0. The first-order chi connectivity index (χ1) is 15.0.